The third kappa shape index (κ3) is 3.57. The van der Waals surface area contributed by atoms with Crippen molar-refractivity contribution in [3.63, 3.8) is 0 Å². The van der Waals surface area contributed by atoms with Crippen molar-refractivity contribution >= 4 is 5.91 Å². The summed E-state index contributed by atoms with van der Waals surface area (Å²) >= 11 is 0. The smallest absolute Gasteiger partial charge is 0.282 e. The fourth-order valence-electron chi connectivity index (χ4n) is 2.83. The van der Waals surface area contributed by atoms with Crippen LogP contribution in [0.1, 0.15) is 52.4 Å². The van der Waals surface area contributed by atoms with Crippen molar-refractivity contribution in [1.82, 2.24) is 30.5 Å². The molecule has 0 bridgehead atoms. The number of carbonyl (C=O) groups excluding carboxylic acids is 1. The minimum absolute atomic E-state index is 0.0615. The molecule has 1 saturated carbocycles. The second-order valence-electron chi connectivity index (χ2n) is 6.54. The van der Waals surface area contributed by atoms with Gasteiger partial charge in [-0.1, -0.05) is 18.2 Å². The monoisotopic (exact) mass is 372 g/mol. The summed E-state index contributed by atoms with van der Waals surface area (Å²) in [5.41, 5.74) is 1.72. The van der Waals surface area contributed by atoms with E-state index in [2.05, 4.69) is 25.7 Å². The Labute approximate surface area is 153 Å². The fraction of sp³-hybridized carbons (Fsp3) is 0.333. The van der Waals surface area contributed by atoms with Gasteiger partial charge in [0.1, 0.15) is 5.69 Å². The molecule has 27 heavy (non-hydrogen) atoms. The summed E-state index contributed by atoms with van der Waals surface area (Å²) in [7, 11) is 0. The minimum atomic E-state index is -2.84. The Morgan fingerprint density at radius 1 is 1.30 bits per heavy atom. The first-order valence-electron chi connectivity index (χ1n) is 8.67. The highest BCUT2D eigenvalue weighted by Crippen LogP contribution is 2.26. The Morgan fingerprint density at radius 2 is 2.04 bits per heavy atom. The molecular weight excluding hydrogens is 354 g/mol. The molecule has 2 aromatic heterocycles. The normalized spacial score (nSPS) is 13.9. The van der Waals surface area contributed by atoms with Gasteiger partial charge in [0.05, 0.1) is 28.3 Å². The van der Waals surface area contributed by atoms with Crippen molar-refractivity contribution in [2.45, 2.75) is 38.7 Å². The van der Waals surface area contributed by atoms with Crippen LogP contribution in [0.3, 0.4) is 0 Å². The molecule has 4 rings (SSSR count). The molecule has 2 N–H and O–H groups in total. The number of nitrogens with zero attached hydrogens (tertiary/aromatic N) is 4. The average molecular weight is 372 g/mol. The summed E-state index contributed by atoms with van der Waals surface area (Å²) in [5.74, 6) is -0.523. The highest BCUT2D eigenvalue weighted by Gasteiger charge is 2.31. The van der Waals surface area contributed by atoms with Crippen LogP contribution in [0.4, 0.5) is 8.78 Å². The molecule has 3 aromatic rings. The lowest BCUT2D eigenvalue weighted by molar-refractivity contribution is 0.0935. The molecule has 0 radical (unpaired) electrons. The molecule has 9 heteroatoms. The predicted molar refractivity (Wildman–Crippen MR) is 92.9 cm³/mol. The number of aromatic amines is 1. The number of benzene rings is 1. The van der Waals surface area contributed by atoms with Gasteiger partial charge in [-0.05, 0) is 31.9 Å². The van der Waals surface area contributed by atoms with E-state index in [1.54, 1.807) is 6.92 Å². The third-order valence-corrected chi connectivity index (χ3v) is 4.42. The van der Waals surface area contributed by atoms with Gasteiger partial charge in [-0.2, -0.15) is 20.1 Å². The van der Waals surface area contributed by atoms with Gasteiger partial charge in [0.15, 0.2) is 0 Å². The van der Waals surface area contributed by atoms with Crippen molar-refractivity contribution < 1.29 is 13.6 Å². The molecule has 0 saturated heterocycles. The van der Waals surface area contributed by atoms with Crippen molar-refractivity contribution in [2.24, 2.45) is 0 Å². The number of rotatable bonds is 6. The van der Waals surface area contributed by atoms with E-state index in [1.165, 1.54) is 4.80 Å². The molecule has 1 aliphatic carbocycles. The van der Waals surface area contributed by atoms with Crippen molar-refractivity contribution in [1.29, 1.82) is 0 Å². The van der Waals surface area contributed by atoms with Crippen LogP contribution in [0.15, 0.2) is 30.3 Å². The first-order chi connectivity index (χ1) is 13.0. The largest absolute Gasteiger partial charge is 0.349 e. The highest BCUT2D eigenvalue weighted by molar-refractivity contribution is 5.97. The number of amides is 1. The van der Waals surface area contributed by atoms with Crippen molar-refractivity contribution in [2.75, 3.05) is 0 Å². The SMILES string of the molecule is Cc1nn(-c2ccccc2)nc1Cc1[nH]nc(C(F)F)c1C(=O)NC1CC1. The molecule has 7 nitrogen and oxygen atoms in total. The first-order valence-corrected chi connectivity index (χ1v) is 8.67. The van der Waals surface area contributed by atoms with Gasteiger partial charge >= 0.3 is 0 Å². The quantitative estimate of drug-likeness (QED) is 0.696. The maximum Gasteiger partial charge on any atom is 0.282 e. The van der Waals surface area contributed by atoms with Gasteiger partial charge in [0.2, 0.25) is 0 Å². The van der Waals surface area contributed by atoms with Gasteiger partial charge in [0, 0.05) is 12.5 Å². The lowest BCUT2D eigenvalue weighted by Crippen LogP contribution is -2.27. The summed E-state index contributed by atoms with van der Waals surface area (Å²) in [4.78, 5) is 13.9. The van der Waals surface area contributed by atoms with Gasteiger partial charge in [-0.3, -0.25) is 9.89 Å². The van der Waals surface area contributed by atoms with Crippen LogP contribution in [-0.4, -0.2) is 37.1 Å². The molecule has 1 aliphatic rings. The molecule has 1 amide bonds. The number of aromatic nitrogens is 5. The van der Waals surface area contributed by atoms with E-state index >= 15 is 0 Å². The Bertz CT molecular complexity index is 962. The highest BCUT2D eigenvalue weighted by atomic mass is 19.3. The molecule has 140 valence electrons. The number of halogens is 2. The van der Waals surface area contributed by atoms with E-state index in [0.717, 1.165) is 18.5 Å². The lowest BCUT2D eigenvalue weighted by Gasteiger charge is -2.06. The number of nitrogens with one attached hydrogen (secondary N) is 2. The summed E-state index contributed by atoms with van der Waals surface area (Å²) in [6.07, 6.45) is -0.941. The van der Waals surface area contributed by atoms with Gasteiger partial charge in [-0.15, -0.1) is 0 Å². The standard InChI is InChI=1S/C18H18F2N6O/c1-10-13(25-26(24-10)12-5-3-2-4-6-12)9-14-15(16(17(19)20)23-22-14)18(27)21-11-7-8-11/h2-6,11,17H,7-9H2,1H3,(H,21,27)(H,22,23). The number of alkyl halides is 2. The third-order valence-electron chi connectivity index (χ3n) is 4.42. The maximum absolute atomic E-state index is 13.3. The van der Waals surface area contributed by atoms with Crippen LogP contribution < -0.4 is 5.32 Å². The summed E-state index contributed by atoms with van der Waals surface area (Å²) in [6.45, 7) is 1.79. The number of aryl methyl sites for hydroxylation is 1. The first kappa shape index (κ1) is 17.3. The Balaban J connectivity index is 1.64. The topological polar surface area (TPSA) is 88.5 Å². The van der Waals surface area contributed by atoms with Crippen LogP contribution in [0, 0.1) is 6.92 Å². The van der Waals surface area contributed by atoms with E-state index in [4.69, 9.17) is 0 Å². The zero-order valence-corrected chi connectivity index (χ0v) is 14.6. The van der Waals surface area contributed by atoms with Crippen LogP contribution in [0.2, 0.25) is 0 Å². The second kappa shape index (κ2) is 6.90. The number of H-pyrrole nitrogens is 1. The Hall–Kier alpha value is -3.10. The molecule has 0 spiro atoms. The summed E-state index contributed by atoms with van der Waals surface area (Å²) in [6, 6.07) is 9.43. The van der Waals surface area contributed by atoms with Gasteiger partial charge in [0.25, 0.3) is 12.3 Å². The van der Waals surface area contributed by atoms with Gasteiger partial charge < -0.3 is 5.32 Å². The van der Waals surface area contributed by atoms with E-state index in [9.17, 15) is 13.6 Å². The van der Waals surface area contributed by atoms with Crippen LogP contribution >= 0.6 is 0 Å². The molecular formula is C18H18F2N6O. The van der Waals surface area contributed by atoms with Crippen molar-refractivity contribution in [3.8, 4) is 5.69 Å². The average Bonchev–Trinajstić information content (AvgIpc) is 3.24. The molecule has 2 heterocycles. The number of hydrogen-bond acceptors (Lipinski definition) is 4. The van der Waals surface area contributed by atoms with Gasteiger partial charge in [-0.25, -0.2) is 8.78 Å². The van der Waals surface area contributed by atoms with Crippen LogP contribution in [0.25, 0.3) is 5.69 Å². The van der Waals surface area contributed by atoms with E-state index < -0.39 is 18.0 Å². The van der Waals surface area contributed by atoms with Crippen LogP contribution in [0.5, 0.6) is 0 Å². The molecule has 1 fully saturated rings. The van der Waals surface area contributed by atoms with Crippen molar-refractivity contribution in [3.05, 3.63) is 58.7 Å². The number of carbonyl (C=O) groups is 1. The molecule has 0 unspecified atom stereocenters. The second-order valence-corrected chi connectivity index (χ2v) is 6.54. The molecule has 0 atom stereocenters. The number of hydrogen-bond donors (Lipinski definition) is 2. The minimum Gasteiger partial charge on any atom is -0.349 e. The predicted octanol–water partition coefficient (Wildman–Crippen LogP) is 2.72. The summed E-state index contributed by atoms with van der Waals surface area (Å²) < 4.78 is 26.6. The Kier molecular flexibility index (Phi) is 4.43. The van der Waals surface area contributed by atoms with Crippen LogP contribution in [-0.2, 0) is 6.42 Å². The van der Waals surface area contributed by atoms with E-state index in [-0.39, 0.29) is 18.0 Å². The zero-order valence-electron chi connectivity index (χ0n) is 14.6. The van der Waals surface area contributed by atoms with E-state index in [0.29, 0.717) is 17.1 Å². The maximum atomic E-state index is 13.3. The fourth-order valence-corrected chi connectivity index (χ4v) is 2.83. The lowest BCUT2D eigenvalue weighted by atomic mass is 10.1. The molecule has 0 aliphatic heterocycles. The zero-order chi connectivity index (χ0) is 19.0. The summed E-state index contributed by atoms with van der Waals surface area (Å²) in [5, 5.41) is 17.8. The number of para-hydroxylation sites is 1. The van der Waals surface area contributed by atoms with E-state index in [1.807, 2.05) is 30.3 Å². The Morgan fingerprint density at radius 3 is 2.70 bits per heavy atom. The molecule has 1 aromatic carbocycles.